The fraction of sp³-hybridized carbons (Fsp3) is 0.250. The lowest BCUT2D eigenvalue weighted by molar-refractivity contribution is 0.0946. The SMILES string of the molecule is COCCNc1ccc(C(=O)NCc2ccccc2)nc1. The van der Waals surface area contributed by atoms with Crippen LogP contribution in [-0.4, -0.2) is 31.2 Å². The summed E-state index contributed by atoms with van der Waals surface area (Å²) < 4.78 is 4.95. The maximum absolute atomic E-state index is 12.0. The molecule has 110 valence electrons. The zero-order valence-electron chi connectivity index (χ0n) is 12.0. The molecule has 5 nitrogen and oxygen atoms in total. The highest BCUT2D eigenvalue weighted by Crippen LogP contribution is 2.06. The van der Waals surface area contributed by atoms with E-state index >= 15 is 0 Å². The number of carbonyl (C=O) groups excluding carboxylic acids is 1. The van der Waals surface area contributed by atoms with Crippen molar-refractivity contribution in [2.45, 2.75) is 6.54 Å². The molecule has 2 aromatic rings. The maximum Gasteiger partial charge on any atom is 0.270 e. The minimum absolute atomic E-state index is 0.178. The highest BCUT2D eigenvalue weighted by Gasteiger charge is 2.06. The summed E-state index contributed by atoms with van der Waals surface area (Å²) in [6.45, 7) is 1.83. The molecule has 5 heteroatoms. The van der Waals surface area contributed by atoms with Crippen molar-refractivity contribution in [3.8, 4) is 0 Å². The molecule has 0 unspecified atom stereocenters. The molecule has 1 aromatic heterocycles. The molecule has 1 heterocycles. The molecule has 0 aliphatic carbocycles. The average Bonchev–Trinajstić information content (AvgIpc) is 2.54. The van der Waals surface area contributed by atoms with E-state index in [4.69, 9.17) is 4.74 Å². The molecule has 0 atom stereocenters. The Balaban J connectivity index is 1.85. The fourth-order valence-corrected chi connectivity index (χ4v) is 1.80. The maximum atomic E-state index is 12.0. The molecule has 0 radical (unpaired) electrons. The lowest BCUT2D eigenvalue weighted by atomic mass is 10.2. The van der Waals surface area contributed by atoms with Crippen molar-refractivity contribution >= 4 is 11.6 Å². The van der Waals surface area contributed by atoms with Gasteiger partial charge in [-0.1, -0.05) is 30.3 Å². The van der Waals surface area contributed by atoms with Gasteiger partial charge in [-0.3, -0.25) is 4.79 Å². The molecule has 2 N–H and O–H groups in total. The van der Waals surface area contributed by atoms with E-state index in [0.717, 1.165) is 11.3 Å². The Morgan fingerprint density at radius 2 is 2.00 bits per heavy atom. The molecule has 0 spiro atoms. The van der Waals surface area contributed by atoms with Gasteiger partial charge in [0.15, 0.2) is 0 Å². The van der Waals surface area contributed by atoms with E-state index in [1.807, 2.05) is 36.4 Å². The molecule has 0 saturated carbocycles. The summed E-state index contributed by atoms with van der Waals surface area (Å²) in [6, 6.07) is 13.3. The van der Waals surface area contributed by atoms with E-state index in [-0.39, 0.29) is 5.91 Å². The van der Waals surface area contributed by atoms with E-state index in [1.165, 1.54) is 0 Å². The summed E-state index contributed by atoms with van der Waals surface area (Å²) >= 11 is 0. The predicted molar refractivity (Wildman–Crippen MR) is 82.2 cm³/mol. The van der Waals surface area contributed by atoms with Crippen LogP contribution in [0.2, 0.25) is 0 Å². The second-order valence-corrected chi connectivity index (χ2v) is 4.52. The third-order valence-corrected chi connectivity index (χ3v) is 2.93. The van der Waals surface area contributed by atoms with Crippen molar-refractivity contribution < 1.29 is 9.53 Å². The van der Waals surface area contributed by atoms with E-state index < -0.39 is 0 Å². The molecule has 21 heavy (non-hydrogen) atoms. The molecule has 0 fully saturated rings. The highest BCUT2D eigenvalue weighted by atomic mass is 16.5. The average molecular weight is 285 g/mol. The molecular weight excluding hydrogens is 266 g/mol. The number of aromatic nitrogens is 1. The van der Waals surface area contributed by atoms with E-state index in [1.54, 1.807) is 19.4 Å². The number of rotatable bonds is 7. The molecule has 1 aromatic carbocycles. The smallest absolute Gasteiger partial charge is 0.270 e. The van der Waals surface area contributed by atoms with Crippen LogP contribution < -0.4 is 10.6 Å². The monoisotopic (exact) mass is 285 g/mol. The van der Waals surface area contributed by atoms with Crippen LogP contribution in [0.5, 0.6) is 0 Å². The minimum atomic E-state index is -0.178. The minimum Gasteiger partial charge on any atom is -0.383 e. The Bertz CT molecular complexity index is 555. The number of benzene rings is 1. The van der Waals surface area contributed by atoms with Crippen molar-refractivity contribution in [3.05, 3.63) is 59.9 Å². The van der Waals surface area contributed by atoms with Gasteiger partial charge in [0.25, 0.3) is 5.91 Å². The number of amides is 1. The first-order valence-electron chi connectivity index (χ1n) is 6.80. The first kappa shape index (κ1) is 15.0. The molecule has 0 saturated heterocycles. The van der Waals surface area contributed by atoms with Crippen LogP contribution in [0.3, 0.4) is 0 Å². The highest BCUT2D eigenvalue weighted by molar-refractivity contribution is 5.92. The van der Waals surface area contributed by atoms with Crippen LogP contribution in [0.25, 0.3) is 0 Å². The van der Waals surface area contributed by atoms with Crippen LogP contribution in [0, 0.1) is 0 Å². The van der Waals surface area contributed by atoms with E-state index in [2.05, 4.69) is 15.6 Å². The van der Waals surface area contributed by atoms with Gasteiger partial charge in [-0.05, 0) is 17.7 Å². The van der Waals surface area contributed by atoms with Gasteiger partial charge < -0.3 is 15.4 Å². The summed E-state index contributed by atoms with van der Waals surface area (Å²) in [5.74, 6) is -0.178. The standard InChI is InChI=1S/C16H19N3O2/c1-21-10-9-17-14-7-8-15(18-12-14)16(20)19-11-13-5-3-2-4-6-13/h2-8,12,17H,9-11H2,1H3,(H,19,20). The third kappa shape index (κ3) is 4.89. The number of anilines is 1. The van der Waals surface area contributed by atoms with Crippen LogP contribution in [0.15, 0.2) is 48.7 Å². The predicted octanol–water partition coefficient (Wildman–Crippen LogP) is 2.07. The van der Waals surface area contributed by atoms with Crippen molar-refractivity contribution in [1.82, 2.24) is 10.3 Å². The quantitative estimate of drug-likeness (QED) is 0.764. The van der Waals surface area contributed by atoms with Crippen molar-refractivity contribution in [1.29, 1.82) is 0 Å². The number of ether oxygens (including phenoxy) is 1. The Labute approximate surface area is 124 Å². The Kier molecular flexibility index (Phi) is 5.72. The number of methoxy groups -OCH3 is 1. The summed E-state index contributed by atoms with van der Waals surface area (Å²) in [4.78, 5) is 16.1. The van der Waals surface area contributed by atoms with E-state index in [9.17, 15) is 4.79 Å². The zero-order chi connectivity index (χ0) is 14.9. The number of carbonyl (C=O) groups is 1. The van der Waals surface area contributed by atoms with Crippen molar-refractivity contribution in [3.63, 3.8) is 0 Å². The van der Waals surface area contributed by atoms with E-state index in [0.29, 0.717) is 25.4 Å². The van der Waals surface area contributed by atoms with Crippen LogP contribution in [0.1, 0.15) is 16.1 Å². The van der Waals surface area contributed by atoms with Crippen LogP contribution in [-0.2, 0) is 11.3 Å². The third-order valence-electron chi connectivity index (χ3n) is 2.93. The molecule has 1 amide bonds. The van der Waals surface area contributed by atoms with Crippen molar-refractivity contribution in [2.24, 2.45) is 0 Å². The Hall–Kier alpha value is -2.40. The van der Waals surface area contributed by atoms with Gasteiger partial charge >= 0.3 is 0 Å². The number of nitrogens with one attached hydrogen (secondary N) is 2. The molecule has 0 aliphatic heterocycles. The summed E-state index contributed by atoms with van der Waals surface area (Å²) in [7, 11) is 1.65. The number of nitrogens with zero attached hydrogens (tertiary/aromatic N) is 1. The number of hydrogen-bond donors (Lipinski definition) is 2. The first-order chi connectivity index (χ1) is 10.3. The second kappa shape index (κ2) is 8.01. The van der Waals surface area contributed by atoms with Gasteiger partial charge in [0, 0.05) is 20.2 Å². The van der Waals surface area contributed by atoms with Gasteiger partial charge in [0.2, 0.25) is 0 Å². The number of pyridine rings is 1. The molecule has 0 aliphatic rings. The molecule has 2 rings (SSSR count). The summed E-state index contributed by atoms with van der Waals surface area (Å²) in [5.41, 5.74) is 2.33. The summed E-state index contributed by atoms with van der Waals surface area (Å²) in [5, 5.41) is 6.00. The fourth-order valence-electron chi connectivity index (χ4n) is 1.80. The Morgan fingerprint density at radius 1 is 1.19 bits per heavy atom. The topological polar surface area (TPSA) is 63.2 Å². The molecular formula is C16H19N3O2. The molecule has 0 bridgehead atoms. The van der Waals surface area contributed by atoms with Gasteiger partial charge in [-0.15, -0.1) is 0 Å². The zero-order valence-corrected chi connectivity index (χ0v) is 12.0. The van der Waals surface area contributed by atoms with Gasteiger partial charge in [0.1, 0.15) is 5.69 Å². The largest absolute Gasteiger partial charge is 0.383 e. The van der Waals surface area contributed by atoms with Crippen LogP contribution >= 0.6 is 0 Å². The lowest BCUT2D eigenvalue weighted by Crippen LogP contribution is -2.23. The Morgan fingerprint density at radius 3 is 2.67 bits per heavy atom. The number of hydrogen-bond acceptors (Lipinski definition) is 4. The normalized spacial score (nSPS) is 10.1. The van der Waals surface area contributed by atoms with Gasteiger partial charge in [0.05, 0.1) is 18.5 Å². The van der Waals surface area contributed by atoms with Gasteiger partial charge in [-0.25, -0.2) is 4.98 Å². The lowest BCUT2D eigenvalue weighted by Gasteiger charge is -2.07. The first-order valence-corrected chi connectivity index (χ1v) is 6.80. The van der Waals surface area contributed by atoms with Crippen molar-refractivity contribution in [2.75, 3.05) is 25.6 Å². The van der Waals surface area contributed by atoms with Crippen LogP contribution in [0.4, 0.5) is 5.69 Å². The summed E-state index contributed by atoms with van der Waals surface area (Å²) in [6.07, 6.45) is 1.65. The second-order valence-electron chi connectivity index (χ2n) is 4.52. The van der Waals surface area contributed by atoms with Gasteiger partial charge in [-0.2, -0.15) is 0 Å².